The molecule has 4 nitrogen and oxygen atoms in total. The smallest absolute Gasteiger partial charge is 0.331 e. The summed E-state index contributed by atoms with van der Waals surface area (Å²) in [5.74, 6) is -0.0225. The average molecular weight is 488 g/mol. The zero-order chi connectivity index (χ0) is 21.5. The van der Waals surface area contributed by atoms with Crippen LogP contribution in [0.1, 0.15) is 42.4 Å². The van der Waals surface area contributed by atoms with Crippen molar-refractivity contribution in [3.05, 3.63) is 92.4 Å². The summed E-state index contributed by atoms with van der Waals surface area (Å²) in [7, 11) is 0. The third-order valence-corrected chi connectivity index (χ3v) is 5.86. The number of carboxylic acid groups (broad SMARTS) is 1. The maximum atomic E-state index is 12.0. The first-order valence-electron chi connectivity index (χ1n) is 9.95. The van der Waals surface area contributed by atoms with Crippen molar-refractivity contribution < 1.29 is 9.90 Å². The van der Waals surface area contributed by atoms with Crippen LogP contribution in [0.3, 0.4) is 0 Å². The van der Waals surface area contributed by atoms with Crippen LogP contribution in [0, 0.1) is 0 Å². The number of benzene rings is 2. The first-order chi connectivity index (χ1) is 14.5. The van der Waals surface area contributed by atoms with Gasteiger partial charge in [0, 0.05) is 23.4 Å². The topological polar surface area (TPSA) is 55.1 Å². The Labute approximate surface area is 190 Å². The largest absolute Gasteiger partial charge is 0.478 e. The number of carbonyl (C=O) groups is 1. The molecule has 0 radical (unpaired) electrons. The second-order valence-electron chi connectivity index (χ2n) is 7.12. The van der Waals surface area contributed by atoms with E-state index in [9.17, 15) is 9.90 Å². The first kappa shape index (κ1) is 22.3. The third-order valence-electron chi connectivity index (χ3n) is 4.90. The molecule has 0 spiro atoms. The second-order valence-corrected chi connectivity index (χ2v) is 8.28. The summed E-state index contributed by atoms with van der Waals surface area (Å²) in [6.07, 6.45) is 4.93. The number of aryl methyl sites for hydroxylation is 1. The minimum Gasteiger partial charge on any atom is -0.478 e. The molecule has 1 N–H and O–H groups in total. The Bertz CT molecular complexity index is 1040. The monoisotopic (exact) mass is 486 g/mol. The number of hydrogen-bond acceptors (Lipinski definition) is 2. The number of halogens is 2. The zero-order valence-electron chi connectivity index (χ0n) is 16.8. The summed E-state index contributed by atoms with van der Waals surface area (Å²) in [6.45, 7) is 2.67. The average Bonchev–Trinajstić information content (AvgIpc) is 3.02. The lowest BCUT2D eigenvalue weighted by atomic mass is 10.0. The van der Waals surface area contributed by atoms with Crippen molar-refractivity contribution in [3.63, 3.8) is 0 Å². The molecule has 0 aliphatic heterocycles. The van der Waals surface area contributed by atoms with Gasteiger partial charge in [-0.25, -0.2) is 9.78 Å². The molecular weight excluding hydrogens is 464 g/mol. The molecule has 0 aliphatic rings. The zero-order valence-corrected chi connectivity index (χ0v) is 19.2. The highest BCUT2D eigenvalue weighted by molar-refractivity contribution is 9.10. The highest BCUT2D eigenvalue weighted by Gasteiger charge is 2.18. The highest BCUT2D eigenvalue weighted by Crippen LogP contribution is 2.26. The quantitative estimate of drug-likeness (QED) is 0.355. The van der Waals surface area contributed by atoms with Crippen LogP contribution in [-0.4, -0.2) is 20.6 Å². The van der Waals surface area contributed by atoms with Gasteiger partial charge in [-0.05, 0) is 45.6 Å². The molecule has 30 heavy (non-hydrogen) atoms. The van der Waals surface area contributed by atoms with Gasteiger partial charge >= 0.3 is 5.97 Å². The summed E-state index contributed by atoms with van der Waals surface area (Å²) in [4.78, 5) is 16.7. The van der Waals surface area contributed by atoms with Gasteiger partial charge in [-0.1, -0.05) is 73.5 Å². The summed E-state index contributed by atoms with van der Waals surface area (Å²) < 4.78 is 2.71. The SMILES string of the molecule is CCCCc1nc(Br)c(/C=C(\Cc2ccccc2)C(=O)O)n1Cc1ccccc1Cl. The maximum Gasteiger partial charge on any atom is 0.331 e. The van der Waals surface area contributed by atoms with E-state index in [-0.39, 0.29) is 0 Å². The van der Waals surface area contributed by atoms with Crippen molar-refractivity contribution in [2.45, 2.75) is 39.2 Å². The molecule has 2 aromatic carbocycles. The van der Waals surface area contributed by atoms with Crippen LogP contribution in [0.5, 0.6) is 0 Å². The van der Waals surface area contributed by atoms with Crippen LogP contribution >= 0.6 is 27.5 Å². The van der Waals surface area contributed by atoms with Crippen molar-refractivity contribution in [1.29, 1.82) is 0 Å². The summed E-state index contributed by atoms with van der Waals surface area (Å²) in [5, 5.41) is 10.5. The van der Waals surface area contributed by atoms with Crippen LogP contribution in [0.25, 0.3) is 6.08 Å². The van der Waals surface area contributed by atoms with Gasteiger partial charge in [0.05, 0.1) is 12.2 Å². The lowest BCUT2D eigenvalue weighted by Gasteiger charge is -2.13. The molecule has 0 saturated heterocycles. The Kier molecular flexibility index (Phi) is 7.88. The number of rotatable bonds is 9. The fraction of sp³-hybridized carbons (Fsp3) is 0.250. The molecule has 3 aromatic rings. The minimum absolute atomic E-state index is 0.309. The molecule has 0 aliphatic carbocycles. The summed E-state index contributed by atoms with van der Waals surface area (Å²) in [6, 6.07) is 17.3. The van der Waals surface area contributed by atoms with Gasteiger partial charge < -0.3 is 9.67 Å². The number of aliphatic carboxylic acids is 1. The van der Waals surface area contributed by atoms with Crippen LogP contribution < -0.4 is 0 Å². The van der Waals surface area contributed by atoms with E-state index >= 15 is 0 Å². The molecule has 156 valence electrons. The van der Waals surface area contributed by atoms with Gasteiger partial charge in [-0.15, -0.1) is 0 Å². The lowest BCUT2D eigenvalue weighted by molar-refractivity contribution is -0.132. The predicted molar refractivity (Wildman–Crippen MR) is 125 cm³/mol. The first-order valence-corrected chi connectivity index (χ1v) is 11.1. The van der Waals surface area contributed by atoms with E-state index in [1.807, 2.05) is 54.6 Å². The molecular formula is C24H24BrClN2O2. The van der Waals surface area contributed by atoms with Crippen molar-refractivity contribution in [2.75, 3.05) is 0 Å². The van der Waals surface area contributed by atoms with Crippen molar-refractivity contribution in [1.82, 2.24) is 9.55 Å². The standard InChI is InChI=1S/C24H24BrClN2O2/c1-2-3-13-22-27-23(25)21(28(22)16-18-11-7-8-12-20(18)26)15-19(24(29)30)14-17-9-5-4-6-10-17/h4-12,15H,2-3,13-14,16H2,1H3,(H,29,30)/b19-15+. The number of unbranched alkanes of at least 4 members (excludes halogenated alkanes) is 1. The number of hydrogen-bond donors (Lipinski definition) is 1. The maximum absolute atomic E-state index is 12.0. The summed E-state index contributed by atoms with van der Waals surface area (Å²) >= 11 is 9.95. The highest BCUT2D eigenvalue weighted by atomic mass is 79.9. The minimum atomic E-state index is -0.939. The van der Waals surface area contributed by atoms with Crippen molar-refractivity contribution in [3.8, 4) is 0 Å². The molecule has 3 rings (SSSR count). The number of carboxylic acids is 1. The Morgan fingerprint density at radius 3 is 2.53 bits per heavy atom. The molecule has 0 amide bonds. The molecule has 6 heteroatoms. The Balaban J connectivity index is 2.05. The Hall–Kier alpha value is -2.37. The normalized spacial score (nSPS) is 11.6. The van der Waals surface area contributed by atoms with Gasteiger partial charge in [-0.3, -0.25) is 0 Å². The predicted octanol–water partition coefficient (Wildman–Crippen LogP) is 6.40. The van der Waals surface area contributed by atoms with E-state index in [1.54, 1.807) is 6.08 Å². The van der Waals surface area contributed by atoms with Crippen LogP contribution in [0.4, 0.5) is 0 Å². The van der Waals surface area contributed by atoms with E-state index in [0.717, 1.165) is 41.9 Å². The van der Waals surface area contributed by atoms with E-state index in [4.69, 9.17) is 16.6 Å². The van der Waals surface area contributed by atoms with Crippen molar-refractivity contribution in [2.24, 2.45) is 0 Å². The van der Waals surface area contributed by atoms with Gasteiger partial charge in [0.1, 0.15) is 10.4 Å². The molecule has 0 unspecified atom stereocenters. The molecule has 1 heterocycles. The third kappa shape index (κ3) is 5.61. The summed E-state index contributed by atoms with van der Waals surface area (Å²) in [5.41, 5.74) is 2.97. The van der Waals surface area contributed by atoms with E-state index < -0.39 is 5.97 Å². The van der Waals surface area contributed by atoms with Gasteiger partial charge in [-0.2, -0.15) is 0 Å². The molecule has 0 fully saturated rings. The van der Waals surface area contributed by atoms with Crippen LogP contribution in [0.15, 0.2) is 64.8 Å². The number of nitrogens with zero attached hydrogens (tertiary/aromatic N) is 2. The van der Waals surface area contributed by atoms with Gasteiger partial charge in [0.15, 0.2) is 0 Å². The molecule has 0 bridgehead atoms. The van der Waals surface area contributed by atoms with E-state index in [2.05, 4.69) is 27.4 Å². The van der Waals surface area contributed by atoms with E-state index in [1.165, 1.54) is 0 Å². The molecule has 1 aromatic heterocycles. The van der Waals surface area contributed by atoms with Crippen LogP contribution in [0.2, 0.25) is 5.02 Å². The van der Waals surface area contributed by atoms with Crippen LogP contribution in [-0.2, 0) is 24.2 Å². The van der Waals surface area contributed by atoms with Gasteiger partial charge in [0.25, 0.3) is 0 Å². The molecule has 0 atom stereocenters. The van der Waals surface area contributed by atoms with Crippen molar-refractivity contribution >= 4 is 39.6 Å². The lowest BCUT2D eigenvalue weighted by Crippen LogP contribution is -2.10. The Morgan fingerprint density at radius 1 is 1.17 bits per heavy atom. The fourth-order valence-corrected chi connectivity index (χ4v) is 4.02. The number of imidazole rings is 1. The fourth-order valence-electron chi connectivity index (χ4n) is 3.29. The Morgan fingerprint density at radius 2 is 1.87 bits per heavy atom. The number of aromatic nitrogens is 2. The van der Waals surface area contributed by atoms with Gasteiger partial charge in [0.2, 0.25) is 0 Å². The molecule has 0 saturated carbocycles. The van der Waals surface area contributed by atoms with E-state index in [0.29, 0.717) is 28.2 Å². The second kappa shape index (κ2) is 10.6.